The number of carbonyl (C=O) groups excluding carboxylic acids is 2. The number of allylic oxidation sites excluding steroid dienone is 1. The summed E-state index contributed by atoms with van der Waals surface area (Å²) in [5, 5.41) is 10.7. The van der Waals surface area contributed by atoms with Crippen molar-refractivity contribution < 1.29 is 24.2 Å². The molecule has 0 bridgehead atoms. The van der Waals surface area contributed by atoms with E-state index in [0.29, 0.717) is 45.3 Å². The van der Waals surface area contributed by atoms with Crippen molar-refractivity contribution in [2.75, 3.05) is 13.2 Å². The van der Waals surface area contributed by atoms with E-state index in [1.807, 2.05) is 0 Å². The fraction of sp³-hybridized carbons (Fsp3) is 0.636. The molecule has 0 unspecified atom stereocenters. The topological polar surface area (TPSA) is 108 Å². The van der Waals surface area contributed by atoms with Crippen LogP contribution in [0.5, 0.6) is 0 Å². The highest BCUT2D eigenvalue weighted by Gasteiger charge is 2.42. The largest absolute Gasteiger partial charge is 0.506 e. The van der Waals surface area contributed by atoms with E-state index >= 15 is 0 Å². The van der Waals surface area contributed by atoms with E-state index in [1.165, 1.54) is 6.20 Å². The van der Waals surface area contributed by atoms with Crippen LogP contribution in [0, 0.1) is 0 Å². The van der Waals surface area contributed by atoms with Gasteiger partial charge in [-0.3, -0.25) is 19.0 Å². The second-order valence-electron chi connectivity index (χ2n) is 8.74. The van der Waals surface area contributed by atoms with Crippen molar-refractivity contribution in [3.63, 3.8) is 0 Å². The second kappa shape index (κ2) is 7.42. The van der Waals surface area contributed by atoms with Gasteiger partial charge in [-0.25, -0.2) is 4.98 Å². The maximum atomic E-state index is 13.5. The van der Waals surface area contributed by atoms with E-state index in [2.05, 4.69) is 4.98 Å². The lowest BCUT2D eigenvalue weighted by Gasteiger charge is -2.36. The van der Waals surface area contributed by atoms with Crippen LogP contribution >= 0.6 is 0 Å². The molecule has 4 aliphatic rings. The third-order valence-electron chi connectivity index (χ3n) is 6.72. The molecule has 1 saturated heterocycles. The molecular weight excluding hydrogens is 388 g/mol. The Morgan fingerprint density at radius 3 is 2.27 bits per heavy atom. The third kappa shape index (κ3) is 3.32. The van der Waals surface area contributed by atoms with Crippen molar-refractivity contribution in [1.29, 1.82) is 0 Å². The lowest BCUT2D eigenvalue weighted by atomic mass is 9.89. The zero-order chi connectivity index (χ0) is 20.9. The maximum absolute atomic E-state index is 13.5. The lowest BCUT2D eigenvalue weighted by molar-refractivity contribution is -0.181. The molecule has 5 rings (SSSR count). The summed E-state index contributed by atoms with van der Waals surface area (Å²) in [5.74, 6) is -0.887. The first-order chi connectivity index (χ1) is 14.5. The average molecular weight is 414 g/mol. The van der Waals surface area contributed by atoms with E-state index < -0.39 is 23.1 Å². The molecule has 0 aromatic carbocycles. The SMILES string of the molecule is O=C1CCCC(=O)C1=C(O)c1cnc(C2CC2)n(C2CCC3(CC2)OCCO3)c1=O. The third-order valence-corrected chi connectivity index (χ3v) is 6.72. The van der Waals surface area contributed by atoms with Gasteiger partial charge in [-0.15, -0.1) is 0 Å². The lowest BCUT2D eigenvalue weighted by Crippen LogP contribution is -2.39. The minimum atomic E-state index is -0.532. The standard InChI is InChI=1S/C22H26N2O6/c25-16-2-1-3-17(26)18(16)19(27)15-12-23-20(13-4-5-13)24(21(15)28)14-6-8-22(9-7-14)29-10-11-30-22/h12-14,27H,1-11H2. The predicted molar refractivity (Wildman–Crippen MR) is 106 cm³/mol. The number of aromatic nitrogens is 2. The summed E-state index contributed by atoms with van der Waals surface area (Å²) >= 11 is 0. The molecule has 1 aliphatic heterocycles. The zero-order valence-electron chi connectivity index (χ0n) is 16.9. The number of rotatable bonds is 3. The minimum absolute atomic E-state index is 0.0633. The van der Waals surface area contributed by atoms with E-state index in [0.717, 1.165) is 18.7 Å². The van der Waals surface area contributed by atoms with Gasteiger partial charge in [-0.05, 0) is 32.1 Å². The van der Waals surface area contributed by atoms with E-state index in [4.69, 9.17) is 9.47 Å². The molecule has 1 aromatic rings. The number of hydrogen-bond donors (Lipinski definition) is 1. The van der Waals surface area contributed by atoms with Crippen molar-refractivity contribution in [3.05, 3.63) is 33.5 Å². The van der Waals surface area contributed by atoms with Crippen LogP contribution in [-0.2, 0) is 19.1 Å². The molecule has 3 saturated carbocycles. The summed E-state index contributed by atoms with van der Waals surface area (Å²) in [7, 11) is 0. The van der Waals surface area contributed by atoms with Gasteiger partial charge in [0.05, 0.1) is 13.2 Å². The van der Waals surface area contributed by atoms with E-state index in [9.17, 15) is 19.5 Å². The highest BCUT2D eigenvalue weighted by atomic mass is 16.7. The molecule has 1 spiro atoms. The quantitative estimate of drug-likeness (QED) is 0.460. The van der Waals surface area contributed by atoms with Crippen molar-refractivity contribution in [2.45, 2.75) is 75.5 Å². The van der Waals surface area contributed by atoms with E-state index in [1.54, 1.807) is 4.57 Å². The van der Waals surface area contributed by atoms with Gasteiger partial charge in [0.25, 0.3) is 5.56 Å². The second-order valence-corrected chi connectivity index (χ2v) is 8.74. The highest BCUT2D eigenvalue weighted by Crippen LogP contribution is 2.44. The summed E-state index contributed by atoms with van der Waals surface area (Å²) < 4.78 is 13.3. The Hall–Kier alpha value is -2.32. The number of nitrogens with zero attached hydrogens (tertiary/aromatic N) is 2. The number of ketones is 2. The summed E-state index contributed by atoms with van der Waals surface area (Å²) in [4.78, 5) is 42.5. The average Bonchev–Trinajstić information content (AvgIpc) is 3.48. The first-order valence-electron chi connectivity index (χ1n) is 10.9. The summed E-state index contributed by atoms with van der Waals surface area (Å²) in [6.07, 6.45) is 7.00. The fourth-order valence-electron chi connectivity index (χ4n) is 4.94. The Balaban J connectivity index is 1.53. The summed E-state index contributed by atoms with van der Waals surface area (Å²) in [6.45, 7) is 1.19. The van der Waals surface area contributed by atoms with Gasteiger partial charge in [0.15, 0.2) is 17.4 Å². The minimum Gasteiger partial charge on any atom is -0.506 e. The van der Waals surface area contributed by atoms with Gasteiger partial charge < -0.3 is 14.6 Å². The number of carbonyl (C=O) groups is 2. The molecule has 160 valence electrons. The molecule has 2 heterocycles. The van der Waals surface area contributed by atoms with Gasteiger partial charge in [-0.2, -0.15) is 0 Å². The Labute approximate surface area is 173 Å². The number of ether oxygens (including phenoxy) is 2. The first-order valence-corrected chi connectivity index (χ1v) is 10.9. The fourth-order valence-corrected chi connectivity index (χ4v) is 4.94. The Kier molecular flexibility index (Phi) is 4.86. The number of aliphatic hydroxyl groups excluding tert-OH is 1. The molecular formula is C22H26N2O6. The van der Waals surface area contributed by atoms with Gasteiger partial charge in [0, 0.05) is 43.8 Å². The number of Topliss-reactive ketones (excluding diaryl/α,β-unsaturated/α-hetero) is 2. The van der Waals surface area contributed by atoms with Crippen molar-refractivity contribution >= 4 is 17.3 Å². The summed E-state index contributed by atoms with van der Waals surface area (Å²) in [6, 6.07) is -0.0745. The Morgan fingerprint density at radius 2 is 1.67 bits per heavy atom. The Bertz CT molecular complexity index is 956. The van der Waals surface area contributed by atoms with Gasteiger partial charge in [0.1, 0.15) is 22.7 Å². The molecule has 1 N–H and O–H groups in total. The monoisotopic (exact) mass is 414 g/mol. The van der Waals surface area contributed by atoms with Gasteiger partial charge >= 0.3 is 0 Å². The predicted octanol–water partition coefficient (Wildman–Crippen LogP) is 2.57. The molecule has 4 fully saturated rings. The van der Waals surface area contributed by atoms with Crippen molar-refractivity contribution in [2.24, 2.45) is 0 Å². The van der Waals surface area contributed by atoms with Crippen LogP contribution in [0.15, 0.2) is 16.6 Å². The van der Waals surface area contributed by atoms with Crippen LogP contribution in [0.1, 0.15) is 81.1 Å². The molecule has 0 radical (unpaired) electrons. The molecule has 3 aliphatic carbocycles. The number of aliphatic hydroxyl groups is 1. The van der Waals surface area contributed by atoms with E-state index in [-0.39, 0.29) is 41.5 Å². The molecule has 0 atom stereocenters. The van der Waals surface area contributed by atoms with Crippen LogP contribution < -0.4 is 5.56 Å². The normalized spacial score (nSPS) is 24.6. The van der Waals surface area contributed by atoms with Crippen molar-refractivity contribution in [1.82, 2.24) is 9.55 Å². The van der Waals surface area contributed by atoms with Crippen LogP contribution in [0.25, 0.3) is 5.76 Å². The molecule has 0 amide bonds. The first kappa shape index (κ1) is 19.6. The molecule has 30 heavy (non-hydrogen) atoms. The Morgan fingerprint density at radius 1 is 1.03 bits per heavy atom. The van der Waals surface area contributed by atoms with Crippen LogP contribution in [-0.4, -0.2) is 45.2 Å². The van der Waals surface area contributed by atoms with Gasteiger partial charge in [-0.1, -0.05) is 0 Å². The zero-order valence-corrected chi connectivity index (χ0v) is 16.9. The molecule has 8 heteroatoms. The highest BCUT2D eigenvalue weighted by molar-refractivity contribution is 6.25. The number of hydrogen-bond acceptors (Lipinski definition) is 7. The molecule has 8 nitrogen and oxygen atoms in total. The summed E-state index contributed by atoms with van der Waals surface area (Å²) in [5.41, 5.74) is -0.690. The van der Waals surface area contributed by atoms with Crippen LogP contribution in [0.3, 0.4) is 0 Å². The molecule has 1 aromatic heterocycles. The van der Waals surface area contributed by atoms with Gasteiger partial charge in [0.2, 0.25) is 0 Å². The smallest absolute Gasteiger partial charge is 0.264 e. The maximum Gasteiger partial charge on any atom is 0.264 e. The van der Waals surface area contributed by atoms with Crippen molar-refractivity contribution in [3.8, 4) is 0 Å². The van der Waals surface area contributed by atoms with Crippen LogP contribution in [0.2, 0.25) is 0 Å². The van der Waals surface area contributed by atoms with Crippen LogP contribution in [0.4, 0.5) is 0 Å².